The molecule has 0 amide bonds. The van der Waals surface area contributed by atoms with Crippen molar-refractivity contribution in [2.24, 2.45) is 0 Å². The van der Waals surface area contributed by atoms with E-state index in [1.165, 1.54) is 25.7 Å². The summed E-state index contributed by atoms with van der Waals surface area (Å²) in [6, 6.07) is 9.83. The Morgan fingerprint density at radius 1 is 1.12 bits per heavy atom. The lowest BCUT2D eigenvalue weighted by atomic mass is 9.97. The quantitative estimate of drug-likeness (QED) is 0.631. The molecule has 2 N–H and O–H groups in total. The fraction of sp³-hybridized carbons (Fsp3) is 0.429. The molecule has 0 radical (unpaired) electrons. The Kier molecular flexibility index (Phi) is 6.47. The molecule has 1 heterocycles. The smallest absolute Gasteiger partial charge is 0.143 e. The number of aromatic nitrogens is 2. The first kappa shape index (κ1) is 18.2. The summed E-state index contributed by atoms with van der Waals surface area (Å²) in [5.74, 6) is 2.40. The third kappa shape index (κ3) is 5.48. The van der Waals surface area contributed by atoms with E-state index in [-0.39, 0.29) is 6.10 Å². The van der Waals surface area contributed by atoms with Gasteiger partial charge in [0.1, 0.15) is 23.7 Å². The standard InChI is InChI=1S/C21H28N4O/c1-16(2)26-19-11-7-6-10-18(19)25-21-14-20(23-15-24-21)22-13-12-17-8-4-3-5-9-17/h6-8,10-11,14-16H,3-5,9,12-13H2,1-2H3,(H2,22,23,24,25). The summed E-state index contributed by atoms with van der Waals surface area (Å²) in [7, 11) is 0. The molecule has 1 aromatic carbocycles. The van der Waals surface area contributed by atoms with E-state index in [0.29, 0.717) is 0 Å². The first-order valence-corrected chi connectivity index (χ1v) is 9.47. The molecule has 0 saturated carbocycles. The van der Waals surface area contributed by atoms with Crippen LogP contribution in [0.5, 0.6) is 5.75 Å². The second-order valence-electron chi connectivity index (χ2n) is 6.86. The van der Waals surface area contributed by atoms with Crippen LogP contribution >= 0.6 is 0 Å². The maximum atomic E-state index is 5.85. The van der Waals surface area contributed by atoms with Crippen molar-refractivity contribution in [1.29, 1.82) is 0 Å². The summed E-state index contributed by atoms with van der Waals surface area (Å²) in [6.07, 6.45) is 10.3. The van der Waals surface area contributed by atoms with Gasteiger partial charge in [0, 0.05) is 12.6 Å². The monoisotopic (exact) mass is 352 g/mol. The lowest BCUT2D eigenvalue weighted by molar-refractivity contribution is 0.244. The Balaban J connectivity index is 1.60. The van der Waals surface area contributed by atoms with Gasteiger partial charge in [-0.2, -0.15) is 0 Å². The van der Waals surface area contributed by atoms with Gasteiger partial charge in [0.25, 0.3) is 0 Å². The molecule has 2 aromatic rings. The van der Waals surface area contributed by atoms with Crippen LogP contribution in [-0.4, -0.2) is 22.6 Å². The molecule has 5 heteroatoms. The Morgan fingerprint density at radius 2 is 1.96 bits per heavy atom. The van der Waals surface area contributed by atoms with Gasteiger partial charge in [-0.1, -0.05) is 23.8 Å². The van der Waals surface area contributed by atoms with Gasteiger partial charge >= 0.3 is 0 Å². The number of ether oxygens (including phenoxy) is 1. The van der Waals surface area contributed by atoms with Gasteiger partial charge < -0.3 is 15.4 Å². The minimum atomic E-state index is 0.120. The molecule has 5 nitrogen and oxygen atoms in total. The van der Waals surface area contributed by atoms with E-state index in [1.54, 1.807) is 11.9 Å². The maximum absolute atomic E-state index is 5.85. The number of nitrogens with zero attached hydrogens (tertiary/aromatic N) is 2. The number of nitrogens with one attached hydrogen (secondary N) is 2. The molecule has 26 heavy (non-hydrogen) atoms. The number of para-hydroxylation sites is 2. The van der Waals surface area contributed by atoms with Crippen molar-refractivity contribution in [2.75, 3.05) is 17.2 Å². The van der Waals surface area contributed by atoms with Crippen molar-refractivity contribution in [3.63, 3.8) is 0 Å². The zero-order chi connectivity index (χ0) is 18.2. The van der Waals surface area contributed by atoms with Gasteiger partial charge in [0.15, 0.2) is 0 Å². The zero-order valence-corrected chi connectivity index (χ0v) is 15.7. The zero-order valence-electron chi connectivity index (χ0n) is 15.7. The summed E-state index contributed by atoms with van der Waals surface area (Å²) in [6.45, 7) is 4.94. The largest absolute Gasteiger partial charge is 0.489 e. The van der Waals surface area contributed by atoms with Gasteiger partial charge in [0.2, 0.25) is 0 Å². The molecular weight excluding hydrogens is 324 g/mol. The van der Waals surface area contributed by atoms with Gasteiger partial charge in [-0.15, -0.1) is 0 Å². The maximum Gasteiger partial charge on any atom is 0.143 e. The SMILES string of the molecule is CC(C)Oc1ccccc1Nc1cc(NCCC2=CCCCC2)ncn1. The first-order valence-electron chi connectivity index (χ1n) is 9.47. The van der Waals surface area contributed by atoms with Crippen molar-refractivity contribution in [1.82, 2.24) is 9.97 Å². The third-order valence-corrected chi connectivity index (χ3v) is 4.32. The van der Waals surface area contributed by atoms with Crippen LogP contribution in [0.2, 0.25) is 0 Å². The van der Waals surface area contributed by atoms with Gasteiger partial charge in [-0.25, -0.2) is 9.97 Å². The Bertz CT molecular complexity index is 742. The van der Waals surface area contributed by atoms with Crippen molar-refractivity contribution >= 4 is 17.3 Å². The van der Waals surface area contributed by atoms with Crippen LogP contribution in [0, 0.1) is 0 Å². The number of hydrogen-bond acceptors (Lipinski definition) is 5. The Labute approximate surface area is 155 Å². The summed E-state index contributed by atoms with van der Waals surface area (Å²) >= 11 is 0. The minimum Gasteiger partial charge on any atom is -0.489 e. The molecular formula is C21H28N4O. The van der Waals surface area contributed by atoms with Crippen LogP contribution < -0.4 is 15.4 Å². The summed E-state index contributed by atoms with van der Waals surface area (Å²) in [4.78, 5) is 8.65. The normalized spacial score (nSPS) is 14.0. The number of hydrogen-bond donors (Lipinski definition) is 2. The van der Waals surface area contributed by atoms with E-state index in [9.17, 15) is 0 Å². The molecule has 0 spiro atoms. The minimum absolute atomic E-state index is 0.120. The number of benzene rings is 1. The van der Waals surface area contributed by atoms with Gasteiger partial charge in [-0.3, -0.25) is 0 Å². The molecule has 0 atom stereocenters. The van der Waals surface area contributed by atoms with Gasteiger partial charge in [0.05, 0.1) is 11.8 Å². The predicted molar refractivity (Wildman–Crippen MR) is 107 cm³/mol. The first-order chi connectivity index (χ1) is 12.7. The molecule has 0 aliphatic heterocycles. The summed E-state index contributed by atoms with van der Waals surface area (Å²) < 4.78 is 5.85. The highest BCUT2D eigenvalue weighted by Gasteiger charge is 2.07. The molecule has 0 saturated heterocycles. The summed E-state index contributed by atoms with van der Waals surface area (Å²) in [5.41, 5.74) is 2.47. The van der Waals surface area contributed by atoms with E-state index >= 15 is 0 Å². The highest BCUT2D eigenvalue weighted by molar-refractivity contribution is 5.65. The van der Waals surface area contributed by atoms with E-state index in [1.807, 2.05) is 44.2 Å². The van der Waals surface area contributed by atoms with E-state index in [2.05, 4.69) is 26.7 Å². The van der Waals surface area contributed by atoms with Crippen LogP contribution in [0.3, 0.4) is 0 Å². The van der Waals surface area contributed by atoms with Crippen molar-refractivity contribution in [3.05, 3.63) is 48.3 Å². The Hall–Kier alpha value is -2.56. The molecule has 138 valence electrons. The molecule has 1 aliphatic carbocycles. The van der Waals surface area contributed by atoms with E-state index in [0.717, 1.165) is 36.0 Å². The third-order valence-electron chi connectivity index (χ3n) is 4.32. The predicted octanol–water partition coefficient (Wildman–Crippen LogP) is 5.31. The highest BCUT2D eigenvalue weighted by atomic mass is 16.5. The van der Waals surface area contributed by atoms with E-state index in [4.69, 9.17) is 4.74 Å². The van der Waals surface area contributed by atoms with Crippen LogP contribution in [0.15, 0.2) is 48.3 Å². The topological polar surface area (TPSA) is 59.1 Å². The lowest BCUT2D eigenvalue weighted by Crippen LogP contribution is -2.08. The molecule has 1 aromatic heterocycles. The van der Waals surface area contributed by atoms with Crippen LogP contribution in [0.4, 0.5) is 17.3 Å². The van der Waals surface area contributed by atoms with Crippen LogP contribution in [0.1, 0.15) is 46.0 Å². The second kappa shape index (κ2) is 9.22. The number of anilines is 3. The summed E-state index contributed by atoms with van der Waals surface area (Å²) in [5, 5.41) is 6.73. The van der Waals surface area contributed by atoms with Gasteiger partial charge in [-0.05, 0) is 58.1 Å². The molecule has 0 unspecified atom stereocenters. The molecule has 1 aliphatic rings. The van der Waals surface area contributed by atoms with Crippen molar-refractivity contribution in [3.8, 4) is 5.75 Å². The molecule has 0 bridgehead atoms. The fourth-order valence-electron chi connectivity index (χ4n) is 3.07. The fourth-order valence-corrected chi connectivity index (χ4v) is 3.07. The average molecular weight is 352 g/mol. The van der Waals surface area contributed by atoms with Crippen molar-refractivity contribution in [2.45, 2.75) is 52.1 Å². The number of allylic oxidation sites excluding steroid dienone is 1. The van der Waals surface area contributed by atoms with Crippen molar-refractivity contribution < 1.29 is 4.74 Å². The molecule has 0 fully saturated rings. The van der Waals surface area contributed by atoms with E-state index < -0.39 is 0 Å². The Morgan fingerprint density at radius 3 is 2.77 bits per heavy atom. The number of rotatable bonds is 8. The second-order valence-corrected chi connectivity index (χ2v) is 6.86. The van der Waals surface area contributed by atoms with Crippen LogP contribution in [-0.2, 0) is 0 Å². The molecule has 3 rings (SSSR count). The highest BCUT2D eigenvalue weighted by Crippen LogP contribution is 2.28. The lowest BCUT2D eigenvalue weighted by Gasteiger charge is -2.15. The average Bonchev–Trinajstić information content (AvgIpc) is 2.64. The van der Waals surface area contributed by atoms with Crippen LogP contribution in [0.25, 0.3) is 0 Å².